The quantitative estimate of drug-likeness (QED) is 0.0229. The summed E-state index contributed by atoms with van der Waals surface area (Å²) in [4.78, 5) is 9.03. The van der Waals surface area contributed by atoms with Gasteiger partial charge in [-0.25, -0.2) is 9.37 Å². The maximum atomic E-state index is 16.1. The largest absolute Gasteiger partial charge is 0.441 e. The van der Waals surface area contributed by atoms with E-state index in [2.05, 4.69) is 70.5 Å². The molecule has 1 heterocycles. The maximum Gasteiger partial charge on any atom is 0.441 e. The molecular formula is C64H72F4N4O4. The van der Waals surface area contributed by atoms with Crippen LogP contribution in [0.1, 0.15) is 112 Å². The van der Waals surface area contributed by atoms with Gasteiger partial charge < -0.3 is 30.0 Å². The van der Waals surface area contributed by atoms with Crippen LogP contribution in [0.2, 0.25) is 0 Å². The molecule has 3 N–H and O–H groups in total. The Kier molecular flexibility index (Phi) is 24.6. The Morgan fingerprint density at radius 2 is 0.947 bits per heavy atom. The minimum atomic E-state index is -4.79. The lowest BCUT2D eigenvalue weighted by Crippen LogP contribution is -2.38. The molecule has 12 heteroatoms. The summed E-state index contributed by atoms with van der Waals surface area (Å²) in [5.41, 5.74) is 7.63. The van der Waals surface area contributed by atoms with Crippen LogP contribution in [-0.4, -0.2) is 56.1 Å². The van der Waals surface area contributed by atoms with Crippen molar-refractivity contribution in [1.29, 1.82) is 0 Å². The molecule has 0 unspecified atom stereocenters. The minimum absolute atomic E-state index is 0.250. The standard InChI is InChI=1S/C32H35FN2O2.C28H26F3NO2.C4H11N/c1-4-16-27-30(33)28(23-29(34-27)31(36-5-2)37-6-3)35-32(24-17-10-7-11-18-24,25-19-12-8-13-20-25)26-21-14-9-15-22-26;1-3-33-26(34-4-2)21-20-25(28(29,30)31)32-27(22-14-8-5-9-15-22,23-16-10-6-11-17-23)24-18-12-7-13-19-24;1-2-3-4-5/h7-15,17-23,31H,4-6,16H2,1-3H3,(H,34,35);5-19,26H,3-4H2,1-2H3;2-5H2,1H3. The first kappa shape index (κ1) is 59.9. The third kappa shape index (κ3) is 16.0. The number of hydrogen-bond acceptors (Lipinski definition) is 8. The number of benzene rings is 6. The van der Waals surface area contributed by atoms with Crippen molar-refractivity contribution in [3.8, 4) is 11.8 Å². The number of rotatable bonds is 22. The summed E-state index contributed by atoms with van der Waals surface area (Å²) in [7, 11) is 0. The number of unbranched alkanes of at least 4 members (excludes halogenated alkanes) is 1. The highest BCUT2D eigenvalue weighted by Crippen LogP contribution is 2.43. The zero-order chi connectivity index (χ0) is 54.7. The number of hydrogen-bond donors (Lipinski definition) is 2. The molecule has 0 fully saturated rings. The summed E-state index contributed by atoms with van der Waals surface area (Å²) in [5.74, 6) is 4.32. The SMILES string of the molecule is CCCCN.CCCc1nc(C(OCC)OCC)cc(NC(c2ccccc2)(c2ccccc2)c2ccccc2)c1F.CCOC(C#CC(=NC(c1ccccc1)(c1ccccc1)c1ccccc1)C(F)(F)F)OCC. The van der Waals surface area contributed by atoms with Crippen LogP contribution in [0.4, 0.5) is 23.2 Å². The lowest BCUT2D eigenvalue weighted by molar-refractivity contribution is -0.142. The first-order valence-corrected chi connectivity index (χ1v) is 26.1. The first-order chi connectivity index (χ1) is 37.0. The molecule has 400 valence electrons. The second-order valence-corrected chi connectivity index (χ2v) is 17.2. The number of nitrogens with two attached hydrogens (primary N) is 1. The number of halogens is 4. The molecule has 6 aromatic carbocycles. The van der Waals surface area contributed by atoms with Gasteiger partial charge in [0.15, 0.2) is 11.5 Å². The molecule has 0 radical (unpaired) electrons. The van der Waals surface area contributed by atoms with Gasteiger partial charge in [0.2, 0.25) is 12.6 Å². The summed E-state index contributed by atoms with van der Waals surface area (Å²) in [6.45, 7) is 13.7. The van der Waals surface area contributed by atoms with E-state index in [9.17, 15) is 13.2 Å². The van der Waals surface area contributed by atoms with Crippen LogP contribution in [0, 0.1) is 17.7 Å². The van der Waals surface area contributed by atoms with Crippen LogP contribution < -0.4 is 11.1 Å². The molecule has 7 aromatic rings. The number of aromatic nitrogens is 1. The van der Waals surface area contributed by atoms with E-state index in [4.69, 9.17) is 24.7 Å². The van der Waals surface area contributed by atoms with Gasteiger partial charge in [-0.1, -0.05) is 209 Å². The van der Waals surface area contributed by atoms with E-state index in [1.807, 2.05) is 93.6 Å². The monoisotopic (exact) mass is 1040 g/mol. The van der Waals surface area contributed by atoms with Crippen LogP contribution in [0.3, 0.4) is 0 Å². The number of pyridine rings is 1. The topological polar surface area (TPSA) is 100 Å². The molecule has 8 nitrogen and oxygen atoms in total. The van der Waals surface area contributed by atoms with E-state index >= 15 is 4.39 Å². The molecule has 0 aliphatic heterocycles. The van der Waals surface area contributed by atoms with Crippen molar-refractivity contribution in [2.24, 2.45) is 10.7 Å². The van der Waals surface area contributed by atoms with E-state index in [-0.39, 0.29) is 19.0 Å². The highest BCUT2D eigenvalue weighted by atomic mass is 19.4. The van der Waals surface area contributed by atoms with Crippen molar-refractivity contribution in [3.05, 3.63) is 239 Å². The molecule has 0 saturated heterocycles. The molecule has 0 atom stereocenters. The van der Waals surface area contributed by atoms with Crippen LogP contribution in [0.25, 0.3) is 0 Å². The van der Waals surface area contributed by atoms with Gasteiger partial charge in [-0.3, -0.25) is 4.99 Å². The Morgan fingerprint density at radius 3 is 1.26 bits per heavy atom. The third-order valence-electron chi connectivity index (χ3n) is 12.0. The number of aryl methyl sites for hydroxylation is 1. The molecule has 1 aromatic heterocycles. The second-order valence-electron chi connectivity index (χ2n) is 17.2. The fraction of sp³-hybridized carbons (Fsp3) is 0.312. The van der Waals surface area contributed by atoms with E-state index < -0.39 is 35.5 Å². The van der Waals surface area contributed by atoms with Gasteiger partial charge in [-0.05, 0) is 98.4 Å². The Hall–Kier alpha value is -6.98. The summed E-state index contributed by atoms with van der Waals surface area (Å²) in [5, 5.41) is 3.66. The van der Waals surface area contributed by atoms with Gasteiger partial charge >= 0.3 is 6.18 Å². The smallest absolute Gasteiger partial charge is 0.365 e. The van der Waals surface area contributed by atoms with Crippen molar-refractivity contribution in [3.63, 3.8) is 0 Å². The molecule has 0 saturated carbocycles. The number of nitrogens with zero attached hydrogens (tertiary/aromatic N) is 2. The molecule has 0 aliphatic carbocycles. The van der Waals surface area contributed by atoms with E-state index in [0.29, 0.717) is 53.4 Å². The lowest BCUT2D eigenvalue weighted by atomic mass is 9.76. The summed E-state index contributed by atoms with van der Waals surface area (Å²) < 4.78 is 81.4. The Labute approximate surface area is 447 Å². The Balaban J connectivity index is 0.000000259. The highest BCUT2D eigenvalue weighted by molar-refractivity contribution is 6.05. The van der Waals surface area contributed by atoms with Crippen molar-refractivity contribution >= 4 is 11.4 Å². The lowest BCUT2D eigenvalue weighted by Gasteiger charge is -2.38. The predicted molar refractivity (Wildman–Crippen MR) is 298 cm³/mol. The highest BCUT2D eigenvalue weighted by Gasteiger charge is 2.43. The summed E-state index contributed by atoms with van der Waals surface area (Å²) in [6, 6.07) is 59.0. The molecule has 0 bridgehead atoms. The van der Waals surface area contributed by atoms with E-state index in [1.165, 1.54) is 12.8 Å². The first-order valence-electron chi connectivity index (χ1n) is 26.1. The van der Waals surface area contributed by atoms with Crippen LogP contribution in [0.5, 0.6) is 0 Å². The Morgan fingerprint density at radius 1 is 0.566 bits per heavy atom. The maximum absolute atomic E-state index is 16.1. The van der Waals surface area contributed by atoms with Gasteiger partial charge in [0.25, 0.3) is 0 Å². The van der Waals surface area contributed by atoms with Crippen LogP contribution in [0.15, 0.2) is 193 Å². The van der Waals surface area contributed by atoms with E-state index in [0.717, 1.165) is 29.7 Å². The average molecular weight is 1040 g/mol. The predicted octanol–water partition coefficient (Wildman–Crippen LogP) is 14.8. The molecular weight excluding hydrogens is 965 g/mol. The molecule has 0 amide bonds. The van der Waals surface area contributed by atoms with Gasteiger partial charge in [0, 0.05) is 26.4 Å². The van der Waals surface area contributed by atoms with Crippen molar-refractivity contribution < 1.29 is 36.5 Å². The molecule has 0 aliphatic rings. The summed E-state index contributed by atoms with van der Waals surface area (Å²) in [6.07, 6.45) is -2.89. The Bertz CT molecular complexity index is 2610. The third-order valence-corrected chi connectivity index (χ3v) is 12.0. The number of aliphatic imine (C=N–C) groups is 1. The minimum Gasteiger partial charge on any atom is -0.365 e. The zero-order valence-corrected chi connectivity index (χ0v) is 44.5. The van der Waals surface area contributed by atoms with Gasteiger partial charge in [0.1, 0.15) is 11.1 Å². The van der Waals surface area contributed by atoms with Crippen molar-refractivity contribution in [2.75, 3.05) is 38.3 Å². The van der Waals surface area contributed by atoms with Crippen LogP contribution in [-0.2, 0) is 36.4 Å². The van der Waals surface area contributed by atoms with Crippen molar-refractivity contribution in [2.45, 2.75) is 97.1 Å². The van der Waals surface area contributed by atoms with Crippen LogP contribution >= 0.6 is 0 Å². The van der Waals surface area contributed by atoms with Gasteiger partial charge in [0.05, 0.1) is 17.1 Å². The second kappa shape index (κ2) is 31.2. The number of anilines is 1. The number of nitrogens with one attached hydrogen (secondary N) is 1. The van der Waals surface area contributed by atoms with E-state index in [1.54, 1.807) is 92.7 Å². The number of alkyl halides is 3. The molecule has 76 heavy (non-hydrogen) atoms. The number of ether oxygens (including phenoxy) is 4. The van der Waals surface area contributed by atoms with Crippen molar-refractivity contribution in [1.82, 2.24) is 4.98 Å². The molecule has 0 spiro atoms. The fourth-order valence-corrected chi connectivity index (χ4v) is 8.55. The normalized spacial score (nSPS) is 11.7. The average Bonchev–Trinajstić information content (AvgIpc) is 3.47. The van der Waals surface area contributed by atoms with Gasteiger partial charge in [-0.15, -0.1) is 0 Å². The molecule has 7 rings (SSSR count). The zero-order valence-electron chi connectivity index (χ0n) is 44.5. The summed E-state index contributed by atoms with van der Waals surface area (Å²) >= 11 is 0. The fourth-order valence-electron chi connectivity index (χ4n) is 8.55. The van der Waals surface area contributed by atoms with Gasteiger partial charge in [-0.2, -0.15) is 13.2 Å².